The van der Waals surface area contributed by atoms with E-state index in [1.54, 1.807) is 33.1 Å². The molecule has 2 rings (SSSR count). The molecule has 140 valence electrons. The summed E-state index contributed by atoms with van der Waals surface area (Å²) in [5.74, 6) is -0.136. The maximum Gasteiger partial charge on any atom is 0.324 e. The number of ether oxygens (including phenoxy) is 2. The van der Waals surface area contributed by atoms with Crippen molar-refractivity contribution >= 4 is 16.0 Å². The van der Waals surface area contributed by atoms with Gasteiger partial charge in [-0.2, -0.15) is 4.72 Å². The van der Waals surface area contributed by atoms with E-state index in [0.29, 0.717) is 0 Å². The van der Waals surface area contributed by atoms with Crippen LogP contribution in [0.1, 0.15) is 13.8 Å². The highest BCUT2D eigenvalue weighted by atomic mass is 32.2. The van der Waals surface area contributed by atoms with Crippen molar-refractivity contribution in [2.24, 2.45) is 5.92 Å². The molecule has 2 aromatic carbocycles. The van der Waals surface area contributed by atoms with Gasteiger partial charge in [0.05, 0.1) is 19.1 Å². The number of methoxy groups -OCH3 is 2. The summed E-state index contributed by atoms with van der Waals surface area (Å²) in [5.41, 5.74) is 1.77. The number of benzene rings is 2. The van der Waals surface area contributed by atoms with Gasteiger partial charge in [0.2, 0.25) is 10.0 Å². The van der Waals surface area contributed by atoms with E-state index < -0.39 is 22.0 Å². The second kappa shape index (κ2) is 8.33. The molecule has 0 saturated carbocycles. The topological polar surface area (TPSA) is 81.7 Å². The molecule has 0 amide bonds. The summed E-state index contributed by atoms with van der Waals surface area (Å²) < 4.78 is 37.4. The number of rotatable bonds is 7. The van der Waals surface area contributed by atoms with Gasteiger partial charge in [0.25, 0.3) is 0 Å². The molecule has 0 fully saturated rings. The van der Waals surface area contributed by atoms with Crippen molar-refractivity contribution in [1.82, 2.24) is 4.72 Å². The Kier molecular flexibility index (Phi) is 6.39. The van der Waals surface area contributed by atoms with E-state index in [4.69, 9.17) is 4.74 Å². The average Bonchev–Trinajstić information content (AvgIpc) is 2.65. The minimum atomic E-state index is -3.85. The zero-order valence-corrected chi connectivity index (χ0v) is 16.0. The first-order chi connectivity index (χ1) is 12.3. The minimum absolute atomic E-state index is 0.0821. The van der Waals surface area contributed by atoms with E-state index in [-0.39, 0.29) is 10.8 Å². The van der Waals surface area contributed by atoms with Crippen LogP contribution in [-0.2, 0) is 19.6 Å². The van der Waals surface area contributed by atoms with Gasteiger partial charge in [-0.05, 0) is 41.3 Å². The van der Waals surface area contributed by atoms with Gasteiger partial charge in [0, 0.05) is 0 Å². The van der Waals surface area contributed by atoms with Gasteiger partial charge in [-0.25, -0.2) is 8.42 Å². The van der Waals surface area contributed by atoms with Crippen LogP contribution in [-0.4, -0.2) is 34.6 Å². The van der Waals surface area contributed by atoms with Crippen molar-refractivity contribution in [3.8, 4) is 16.9 Å². The number of nitrogens with one attached hydrogen (secondary N) is 1. The number of sulfonamides is 1. The third kappa shape index (κ3) is 4.62. The van der Waals surface area contributed by atoms with Crippen molar-refractivity contribution in [3.63, 3.8) is 0 Å². The molecule has 0 saturated heterocycles. The lowest BCUT2D eigenvalue weighted by atomic mass is 10.1. The first-order valence-corrected chi connectivity index (χ1v) is 9.61. The smallest absolute Gasteiger partial charge is 0.324 e. The Morgan fingerprint density at radius 2 is 1.65 bits per heavy atom. The SMILES string of the molecule is COC(=O)[C@@H](NS(=O)(=O)c1ccc(-c2cccc(OC)c2)cc1)C(C)C. The summed E-state index contributed by atoms with van der Waals surface area (Å²) in [6.45, 7) is 3.49. The molecule has 0 aliphatic rings. The summed E-state index contributed by atoms with van der Waals surface area (Å²) in [5, 5.41) is 0. The molecule has 0 aliphatic carbocycles. The first-order valence-electron chi connectivity index (χ1n) is 8.13. The maximum atomic E-state index is 12.6. The normalized spacial score (nSPS) is 12.7. The predicted octanol–water partition coefficient (Wildman–Crippen LogP) is 2.84. The highest BCUT2D eigenvalue weighted by Gasteiger charge is 2.29. The van der Waals surface area contributed by atoms with E-state index in [0.717, 1.165) is 16.9 Å². The average molecular weight is 377 g/mol. The van der Waals surface area contributed by atoms with E-state index >= 15 is 0 Å². The van der Waals surface area contributed by atoms with Crippen LogP contribution in [0.3, 0.4) is 0 Å². The van der Waals surface area contributed by atoms with Crippen molar-refractivity contribution in [1.29, 1.82) is 0 Å². The fourth-order valence-electron chi connectivity index (χ4n) is 2.45. The molecular weight excluding hydrogens is 354 g/mol. The lowest BCUT2D eigenvalue weighted by molar-refractivity contribution is -0.143. The maximum absolute atomic E-state index is 12.6. The molecule has 0 heterocycles. The Morgan fingerprint density at radius 1 is 1.00 bits per heavy atom. The van der Waals surface area contributed by atoms with Gasteiger partial charge in [0.15, 0.2) is 0 Å². The Bertz CT molecular complexity index is 860. The van der Waals surface area contributed by atoms with Crippen molar-refractivity contribution in [2.45, 2.75) is 24.8 Å². The molecule has 0 bridgehead atoms. The molecule has 6 nitrogen and oxygen atoms in total. The quantitative estimate of drug-likeness (QED) is 0.751. The largest absolute Gasteiger partial charge is 0.497 e. The van der Waals surface area contributed by atoms with E-state index in [2.05, 4.69) is 9.46 Å². The lowest BCUT2D eigenvalue weighted by Crippen LogP contribution is -2.44. The molecule has 0 aliphatic heterocycles. The Labute approximate surface area is 154 Å². The van der Waals surface area contributed by atoms with Crippen LogP contribution >= 0.6 is 0 Å². The van der Waals surface area contributed by atoms with Gasteiger partial charge < -0.3 is 9.47 Å². The van der Waals surface area contributed by atoms with Crippen molar-refractivity contribution in [2.75, 3.05) is 14.2 Å². The summed E-state index contributed by atoms with van der Waals surface area (Å²) in [6.07, 6.45) is 0. The van der Waals surface area contributed by atoms with Gasteiger partial charge in [-0.15, -0.1) is 0 Å². The van der Waals surface area contributed by atoms with Gasteiger partial charge >= 0.3 is 5.97 Å². The van der Waals surface area contributed by atoms with Crippen molar-refractivity contribution < 1.29 is 22.7 Å². The zero-order valence-electron chi connectivity index (χ0n) is 15.2. The molecular formula is C19H23NO5S. The Hall–Kier alpha value is -2.38. The predicted molar refractivity (Wildman–Crippen MR) is 99.4 cm³/mol. The first kappa shape index (κ1) is 19.9. The molecule has 2 aromatic rings. The van der Waals surface area contributed by atoms with Crippen molar-refractivity contribution in [3.05, 3.63) is 48.5 Å². The van der Waals surface area contributed by atoms with Crippen LogP contribution in [0.5, 0.6) is 5.75 Å². The van der Waals surface area contributed by atoms with Crippen LogP contribution < -0.4 is 9.46 Å². The lowest BCUT2D eigenvalue weighted by Gasteiger charge is -2.19. The Balaban J connectivity index is 2.27. The third-order valence-electron chi connectivity index (χ3n) is 3.97. The summed E-state index contributed by atoms with van der Waals surface area (Å²) in [4.78, 5) is 11.9. The van der Waals surface area contributed by atoms with Crippen LogP contribution in [0.25, 0.3) is 11.1 Å². The molecule has 0 spiro atoms. The Morgan fingerprint density at radius 3 is 2.19 bits per heavy atom. The van der Waals surface area contributed by atoms with Crippen LogP contribution in [0, 0.1) is 5.92 Å². The summed E-state index contributed by atoms with van der Waals surface area (Å²) in [6, 6.07) is 13.0. The second-order valence-corrected chi connectivity index (χ2v) is 7.84. The molecule has 1 atom stereocenters. The minimum Gasteiger partial charge on any atom is -0.497 e. The number of carbonyl (C=O) groups is 1. The summed E-state index contributed by atoms with van der Waals surface area (Å²) in [7, 11) is -1.03. The van der Waals surface area contributed by atoms with E-state index in [9.17, 15) is 13.2 Å². The zero-order chi connectivity index (χ0) is 19.3. The number of carbonyl (C=O) groups excluding carboxylic acids is 1. The number of hydrogen-bond acceptors (Lipinski definition) is 5. The molecule has 0 aromatic heterocycles. The summed E-state index contributed by atoms with van der Waals surface area (Å²) >= 11 is 0. The fraction of sp³-hybridized carbons (Fsp3) is 0.316. The third-order valence-corrected chi connectivity index (χ3v) is 5.43. The number of hydrogen-bond donors (Lipinski definition) is 1. The molecule has 0 unspecified atom stereocenters. The van der Waals surface area contributed by atoms with Crippen LogP contribution in [0.2, 0.25) is 0 Å². The number of esters is 1. The van der Waals surface area contributed by atoms with E-state index in [1.807, 2.05) is 24.3 Å². The van der Waals surface area contributed by atoms with E-state index in [1.165, 1.54) is 19.2 Å². The molecule has 7 heteroatoms. The monoisotopic (exact) mass is 377 g/mol. The second-order valence-electron chi connectivity index (χ2n) is 6.12. The van der Waals surface area contributed by atoms with Gasteiger partial charge in [0.1, 0.15) is 11.8 Å². The van der Waals surface area contributed by atoms with Gasteiger partial charge in [-0.1, -0.05) is 38.1 Å². The van der Waals surface area contributed by atoms with Gasteiger partial charge in [-0.3, -0.25) is 4.79 Å². The molecule has 1 N–H and O–H groups in total. The van der Waals surface area contributed by atoms with Crippen LogP contribution in [0.15, 0.2) is 53.4 Å². The molecule has 26 heavy (non-hydrogen) atoms. The van der Waals surface area contributed by atoms with Crippen LogP contribution in [0.4, 0.5) is 0 Å². The fourth-order valence-corrected chi connectivity index (χ4v) is 3.78. The highest BCUT2D eigenvalue weighted by molar-refractivity contribution is 7.89. The molecule has 0 radical (unpaired) electrons. The standard InChI is InChI=1S/C19H23NO5S/c1-13(2)18(19(21)25-4)20-26(22,23)17-10-8-14(9-11-17)15-6-5-7-16(12-15)24-3/h5-13,18,20H,1-4H3/t18-/m0/s1. The highest BCUT2D eigenvalue weighted by Crippen LogP contribution is 2.25.